The van der Waals surface area contributed by atoms with Crippen molar-refractivity contribution in [2.45, 2.75) is 6.54 Å². The van der Waals surface area contributed by atoms with E-state index in [9.17, 15) is 4.79 Å². The van der Waals surface area contributed by atoms with Crippen LogP contribution < -0.4 is 5.73 Å². The molecule has 0 bridgehead atoms. The average Bonchev–Trinajstić information content (AvgIpc) is 2.55. The van der Waals surface area contributed by atoms with E-state index in [1.807, 2.05) is 0 Å². The lowest BCUT2D eigenvalue weighted by molar-refractivity contribution is 0.0693. The molecule has 0 unspecified atom stereocenters. The minimum atomic E-state index is -1.05. The van der Waals surface area contributed by atoms with Gasteiger partial charge in [-0.1, -0.05) is 15.9 Å². The van der Waals surface area contributed by atoms with Crippen LogP contribution in [-0.2, 0) is 6.54 Å². The van der Waals surface area contributed by atoms with E-state index in [0.717, 1.165) is 4.47 Å². The summed E-state index contributed by atoms with van der Waals surface area (Å²) in [6.45, 7) is 0.204. The van der Waals surface area contributed by atoms with Crippen molar-refractivity contribution < 1.29 is 9.90 Å². The number of halogens is 1. The summed E-state index contributed by atoms with van der Waals surface area (Å²) in [7, 11) is 0. The molecule has 6 heteroatoms. The summed E-state index contributed by atoms with van der Waals surface area (Å²) >= 11 is 3.28. The molecule has 0 fully saturated rings. The van der Waals surface area contributed by atoms with E-state index in [1.165, 1.54) is 0 Å². The Bertz CT molecular complexity index is 535. The lowest BCUT2D eigenvalue weighted by atomic mass is 10.3. The van der Waals surface area contributed by atoms with E-state index in [4.69, 9.17) is 10.8 Å². The smallest absolute Gasteiger partial charge is 0.356 e. The molecule has 2 aromatic rings. The van der Waals surface area contributed by atoms with Crippen molar-refractivity contribution >= 4 is 27.4 Å². The number of hydrogen-bond acceptors (Lipinski definition) is 3. The number of aromatic nitrogens is 2. The molecule has 2 rings (SSSR count). The first-order chi connectivity index (χ1) is 7.13. The van der Waals surface area contributed by atoms with E-state index >= 15 is 0 Å². The van der Waals surface area contributed by atoms with Crippen molar-refractivity contribution in [1.82, 2.24) is 9.38 Å². The van der Waals surface area contributed by atoms with E-state index in [0.29, 0.717) is 11.3 Å². The second-order valence-electron chi connectivity index (χ2n) is 2.99. The van der Waals surface area contributed by atoms with Gasteiger partial charge < -0.3 is 15.2 Å². The van der Waals surface area contributed by atoms with Crippen LogP contribution >= 0.6 is 15.9 Å². The van der Waals surface area contributed by atoms with Crippen molar-refractivity contribution in [2.75, 3.05) is 0 Å². The van der Waals surface area contributed by atoms with Gasteiger partial charge in [0.15, 0.2) is 5.69 Å². The molecule has 0 amide bonds. The van der Waals surface area contributed by atoms with Gasteiger partial charge in [0.25, 0.3) is 0 Å². The predicted molar refractivity (Wildman–Crippen MR) is 57.7 cm³/mol. The molecule has 3 N–H and O–H groups in total. The number of hydrogen-bond donors (Lipinski definition) is 2. The van der Waals surface area contributed by atoms with Crippen LogP contribution in [0.3, 0.4) is 0 Å². The van der Waals surface area contributed by atoms with Gasteiger partial charge in [0.1, 0.15) is 5.82 Å². The molecule has 0 aliphatic heterocycles. The summed E-state index contributed by atoms with van der Waals surface area (Å²) in [5, 5.41) is 8.95. The van der Waals surface area contributed by atoms with E-state index in [2.05, 4.69) is 20.9 Å². The Labute approximate surface area is 93.7 Å². The highest BCUT2D eigenvalue weighted by molar-refractivity contribution is 9.10. The fourth-order valence-corrected chi connectivity index (χ4v) is 1.76. The molecule has 15 heavy (non-hydrogen) atoms. The first-order valence-electron chi connectivity index (χ1n) is 4.23. The molecule has 0 saturated heterocycles. The number of imidazole rings is 1. The highest BCUT2D eigenvalue weighted by atomic mass is 79.9. The average molecular weight is 270 g/mol. The highest BCUT2D eigenvalue weighted by Crippen LogP contribution is 2.18. The van der Waals surface area contributed by atoms with Crippen LogP contribution in [0.5, 0.6) is 0 Å². The summed E-state index contributed by atoms with van der Waals surface area (Å²) < 4.78 is 2.48. The maximum Gasteiger partial charge on any atom is 0.356 e. The normalized spacial score (nSPS) is 10.8. The Morgan fingerprint density at radius 2 is 2.40 bits per heavy atom. The zero-order chi connectivity index (χ0) is 11.0. The van der Waals surface area contributed by atoms with Crippen LogP contribution in [0.2, 0.25) is 0 Å². The number of carboxylic acids is 1. The quantitative estimate of drug-likeness (QED) is 0.860. The number of nitrogens with zero attached hydrogens (tertiary/aromatic N) is 2. The molecule has 0 saturated carbocycles. The Hall–Kier alpha value is -1.40. The van der Waals surface area contributed by atoms with Gasteiger partial charge in [0.2, 0.25) is 0 Å². The lowest BCUT2D eigenvalue weighted by Crippen LogP contribution is -2.02. The molecular formula is C9H8BrN3O2. The van der Waals surface area contributed by atoms with E-state index in [1.54, 1.807) is 22.7 Å². The number of nitrogens with two attached hydrogens (primary N) is 1. The van der Waals surface area contributed by atoms with Crippen LogP contribution in [0.15, 0.2) is 22.8 Å². The zero-order valence-electron chi connectivity index (χ0n) is 7.64. The third kappa shape index (κ3) is 1.62. The van der Waals surface area contributed by atoms with Crippen LogP contribution in [-0.4, -0.2) is 20.5 Å². The summed E-state index contributed by atoms with van der Waals surface area (Å²) in [5.74, 6) is -0.514. The SMILES string of the molecule is NCc1nc(C(=O)O)c2cc(Br)ccn12. The Kier molecular flexibility index (Phi) is 2.45. The van der Waals surface area contributed by atoms with Crippen molar-refractivity contribution in [3.05, 3.63) is 34.3 Å². The van der Waals surface area contributed by atoms with Crippen molar-refractivity contribution in [2.24, 2.45) is 5.73 Å². The van der Waals surface area contributed by atoms with Gasteiger partial charge in [-0.25, -0.2) is 9.78 Å². The Balaban J connectivity index is 2.81. The van der Waals surface area contributed by atoms with Gasteiger partial charge >= 0.3 is 5.97 Å². The molecule has 5 nitrogen and oxygen atoms in total. The minimum absolute atomic E-state index is 0.0248. The minimum Gasteiger partial charge on any atom is -0.476 e. The summed E-state index contributed by atoms with van der Waals surface area (Å²) in [4.78, 5) is 14.9. The third-order valence-electron chi connectivity index (χ3n) is 2.06. The van der Waals surface area contributed by atoms with Gasteiger partial charge in [0, 0.05) is 10.7 Å². The highest BCUT2D eigenvalue weighted by Gasteiger charge is 2.15. The van der Waals surface area contributed by atoms with E-state index < -0.39 is 5.97 Å². The molecule has 0 radical (unpaired) electrons. The molecule has 2 heterocycles. The molecule has 0 atom stereocenters. The van der Waals surface area contributed by atoms with Gasteiger partial charge in [0.05, 0.1) is 12.1 Å². The molecule has 0 spiro atoms. The third-order valence-corrected chi connectivity index (χ3v) is 2.56. The fourth-order valence-electron chi connectivity index (χ4n) is 1.42. The number of rotatable bonds is 2. The molecule has 0 aromatic carbocycles. The number of carboxylic acid groups (broad SMARTS) is 1. The Morgan fingerprint density at radius 3 is 3.00 bits per heavy atom. The molecule has 78 valence electrons. The second kappa shape index (κ2) is 3.63. The maximum atomic E-state index is 10.9. The number of aromatic carboxylic acids is 1. The second-order valence-corrected chi connectivity index (χ2v) is 3.90. The topological polar surface area (TPSA) is 80.6 Å². The summed E-state index contributed by atoms with van der Waals surface area (Å²) in [6, 6.07) is 3.51. The van der Waals surface area contributed by atoms with Crippen LogP contribution in [0.4, 0.5) is 0 Å². The van der Waals surface area contributed by atoms with Crippen molar-refractivity contribution in [3.8, 4) is 0 Å². The standard InChI is InChI=1S/C9H8BrN3O2/c10-5-1-2-13-6(3-5)8(9(14)15)12-7(13)4-11/h1-3H,4,11H2,(H,14,15). The summed E-state index contributed by atoms with van der Waals surface area (Å²) in [5.41, 5.74) is 6.04. The van der Waals surface area contributed by atoms with Gasteiger partial charge in [-0.2, -0.15) is 0 Å². The number of carbonyl (C=O) groups is 1. The van der Waals surface area contributed by atoms with Crippen molar-refractivity contribution in [3.63, 3.8) is 0 Å². The van der Waals surface area contributed by atoms with Crippen LogP contribution in [0.25, 0.3) is 5.52 Å². The van der Waals surface area contributed by atoms with Gasteiger partial charge in [-0.3, -0.25) is 0 Å². The first-order valence-corrected chi connectivity index (χ1v) is 5.02. The summed E-state index contributed by atoms with van der Waals surface area (Å²) in [6.07, 6.45) is 1.74. The first kappa shape index (κ1) is 10.1. The Morgan fingerprint density at radius 1 is 1.67 bits per heavy atom. The molecule has 0 aliphatic carbocycles. The van der Waals surface area contributed by atoms with Crippen LogP contribution in [0, 0.1) is 0 Å². The van der Waals surface area contributed by atoms with Gasteiger partial charge in [-0.05, 0) is 12.1 Å². The molecular weight excluding hydrogens is 262 g/mol. The fraction of sp³-hybridized carbons (Fsp3) is 0.111. The van der Waals surface area contributed by atoms with Gasteiger partial charge in [-0.15, -0.1) is 0 Å². The van der Waals surface area contributed by atoms with Crippen LogP contribution in [0.1, 0.15) is 16.3 Å². The maximum absolute atomic E-state index is 10.9. The van der Waals surface area contributed by atoms with Crippen molar-refractivity contribution in [1.29, 1.82) is 0 Å². The van der Waals surface area contributed by atoms with E-state index in [-0.39, 0.29) is 12.2 Å². The zero-order valence-corrected chi connectivity index (χ0v) is 9.23. The monoisotopic (exact) mass is 269 g/mol. The predicted octanol–water partition coefficient (Wildman–Crippen LogP) is 1.25. The molecule has 2 aromatic heterocycles. The lowest BCUT2D eigenvalue weighted by Gasteiger charge is -1.97. The largest absolute Gasteiger partial charge is 0.476 e. The number of pyridine rings is 1. The molecule has 0 aliphatic rings. The number of fused-ring (bicyclic) bond motifs is 1.